The van der Waals surface area contributed by atoms with Crippen LogP contribution in [0.3, 0.4) is 0 Å². The molecule has 2 aliphatic carbocycles. The molecule has 3 aliphatic rings. The van der Waals surface area contributed by atoms with Gasteiger partial charge in [0.1, 0.15) is 5.84 Å². The van der Waals surface area contributed by atoms with Gasteiger partial charge in [0.05, 0.1) is 0 Å². The summed E-state index contributed by atoms with van der Waals surface area (Å²) in [6.07, 6.45) is 8.06. The molecule has 1 heterocycles. The number of fused-ring (bicyclic) bond motifs is 2. The van der Waals surface area contributed by atoms with Crippen LogP contribution in [0.2, 0.25) is 0 Å². The first-order valence-corrected chi connectivity index (χ1v) is 7.46. The largest absolute Gasteiger partial charge is 0.409 e. The first kappa shape index (κ1) is 12.3. The van der Waals surface area contributed by atoms with Crippen LogP contribution in [0.5, 0.6) is 0 Å². The van der Waals surface area contributed by atoms with E-state index in [-0.39, 0.29) is 0 Å². The van der Waals surface area contributed by atoms with Gasteiger partial charge in [0.15, 0.2) is 0 Å². The monoisotopic (exact) mass is 251 g/mol. The Hall–Kier alpha value is -0.770. The van der Waals surface area contributed by atoms with E-state index in [4.69, 9.17) is 10.9 Å². The Labute approximate surface area is 109 Å². The maximum atomic E-state index is 8.70. The normalized spacial score (nSPS) is 38.4. The van der Waals surface area contributed by atoms with Crippen LogP contribution in [0.4, 0.5) is 0 Å². The smallest absolute Gasteiger partial charge is 0.142 e. The molecule has 3 fully saturated rings. The van der Waals surface area contributed by atoms with Crippen LogP contribution in [0, 0.1) is 23.7 Å². The molecule has 0 spiro atoms. The minimum atomic E-state index is 0.297. The van der Waals surface area contributed by atoms with E-state index >= 15 is 0 Å². The third-order valence-corrected chi connectivity index (χ3v) is 5.50. The second kappa shape index (κ2) is 5.08. The van der Waals surface area contributed by atoms with Gasteiger partial charge in [-0.3, -0.25) is 0 Å². The zero-order valence-corrected chi connectivity index (χ0v) is 11.1. The third-order valence-electron chi connectivity index (χ3n) is 5.50. The number of oxime groups is 1. The van der Waals surface area contributed by atoms with Gasteiger partial charge in [-0.25, -0.2) is 0 Å². The molecule has 0 aromatic rings. The summed E-state index contributed by atoms with van der Waals surface area (Å²) in [7, 11) is 0. The van der Waals surface area contributed by atoms with Gasteiger partial charge in [-0.1, -0.05) is 11.6 Å². The molecule has 2 saturated carbocycles. The number of likely N-dealkylation sites (tertiary alicyclic amines) is 1. The van der Waals surface area contributed by atoms with Crippen LogP contribution in [-0.2, 0) is 0 Å². The molecule has 3 N–H and O–H groups in total. The fourth-order valence-corrected chi connectivity index (χ4v) is 4.42. The second-order valence-electron chi connectivity index (χ2n) is 6.53. The first-order valence-electron chi connectivity index (χ1n) is 7.46. The van der Waals surface area contributed by atoms with Crippen molar-refractivity contribution >= 4 is 5.84 Å². The van der Waals surface area contributed by atoms with E-state index in [2.05, 4.69) is 10.1 Å². The predicted octanol–water partition coefficient (Wildman–Crippen LogP) is 1.88. The molecule has 2 bridgehead atoms. The Morgan fingerprint density at radius 2 is 1.94 bits per heavy atom. The number of piperidine rings is 1. The van der Waals surface area contributed by atoms with Gasteiger partial charge in [0, 0.05) is 12.5 Å². The van der Waals surface area contributed by atoms with Crippen molar-refractivity contribution in [3.8, 4) is 0 Å². The zero-order valence-electron chi connectivity index (χ0n) is 11.1. The van der Waals surface area contributed by atoms with Crippen molar-refractivity contribution in [1.82, 2.24) is 4.90 Å². The van der Waals surface area contributed by atoms with Crippen molar-refractivity contribution in [2.24, 2.45) is 34.6 Å². The number of nitrogens with zero attached hydrogens (tertiary/aromatic N) is 2. The molecular formula is C14H25N3O. The van der Waals surface area contributed by atoms with Gasteiger partial charge >= 0.3 is 0 Å². The molecule has 0 aromatic heterocycles. The number of hydrogen-bond donors (Lipinski definition) is 2. The molecule has 0 radical (unpaired) electrons. The van der Waals surface area contributed by atoms with Crippen LogP contribution in [0.1, 0.15) is 38.5 Å². The van der Waals surface area contributed by atoms with E-state index in [1.807, 2.05) is 0 Å². The SMILES string of the molecule is NC(=NO)C1CCN(CC2CC3CCC2C3)CC1. The number of hydrogen-bond acceptors (Lipinski definition) is 3. The van der Waals surface area contributed by atoms with Crippen LogP contribution in [0.25, 0.3) is 0 Å². The average molecular weight is 251 g/mol. The summed E-state index contributed by atoms with van der Waals surface area (Å²) in [6.45, 7) is 3.54. The maximum Gasteiger partial charge on any atom is 0.142 e. The molecule has 18 heavy (non-hydrogen) atoms. The van der Waals surface area contributed by atoms with Gasteiger partial charge in [0.2, 0.25) is 0 Å². The summed E-state index contributed by atoms with van der Waals surface area (Å²) in [5.41, 5.74) is 5.69. The molecular weight excluding hydrogens is 226 g/mol. The lowest BCUT2D eigenvalue weighted by atomic mass is 9.87. The highest BCUT2D eigenvalue weighted by Crippen LogP contribution is 2.48. The van der Waals surface area contributed by atoms with E-state index in [0.717, 1.165) is 43.7 Å². The fourth-order valence-electron chi connectivity index (χ4n) is 4.42. The summed E-state index contributed by atoms with van der Waals surface area (Å²) in [5, 5.41) is 11.9. The third kappa shape index (κ3) is 2.35. The molecule has 3 atom stereocenters. The Morgan fingerprint density at radius 3 is 2.50 bits per heavy atom. The molecule has 3 rings (SSSR count). The lowest BCUT2D eigenvalue weighted by Gasteiger charge is -2.35. The van der Waals surface area contributed by atoms with Crippen molar-refractivity contribution in [2.45, 2.75) is 38.5 Å². The molecule has 1 saturated heterocycles. The minimum absolute atomic E-state index is 0.297. The average Bonchev–Trinajstić information content (AvgIpc) is 3.01. The van der Waals surface area contributed by atoms with Gasteiger partial charge in [-0.15, -0.1) is 0 Å². The number of rotatable bonds is 3. The number of amidine groups is 1. The summed E-state index contributed by atoms with van der Waals surface area (Å²) in [6, 6.07) is 0. The highest BCUT2D eigenvalue weighted by atomic mass is 16.4. The highest BCUT2D eigenvalue weighted by molar-refractivity contribution is 5.82. The molecule has 1 aliphatic heterocycles. The Morgan fingerprint density at radius 1 is 1.17 bits per heavy atom. The van der Waals surface area contributed by atoms with Crippen molar-refractivity contribution < 1.29 is 5.21 Å². The van der Waals surface area contributed by atoms with Crippen molar-refractivity contribution in [2.75, 3.05) is 19.6 Å². The summed E-state index contributed by atoms with van der Waals surface area (Å²) in [4.78, 5) is 2.60. The van der Waals surface area contributed by atoms with Crippen molar-refractivity contribution in [1.29, 1.82) is 0 Å². The summed E-state index contributed by atoms with van der Waals surface area (Å²) >= 11 is 0. The van der Waals surface area contributed by atoms with Crippen LogP contribution in [0.15, 0.2) is 5.16 Å². The molecule has 0 amide bonds. The van der Waals surface area contributed by atoms with E-state index < -0.39 is 0 Å². The summed E-state index contributed by atoms with van der Waals surface area (Å²) in [5.74, 6) is 3.76. The fraction of sp³-hybridized carbons (Fsp3) is 0.929. The standard InChI is InChI=1S/C14H25N3O/c15-14(16-18)11-3-5-17(6-4-11)9-13-8-10-1-2-12(13)7-10/h10-13,18H,1-9H2,(H2,15,16). The van der Waals surface area contributed by atoms with Gasteiger partial charge in [0.25, 0.3) is 0 Å². The Kier molecular flexibility index (Phi) is 3.46. The highest BCUT2D eigenvalue weighted by Gasteiger charge is 2.40. The van der Waals surface area contributed by atoms with E-state index in [9.17, 15) is 0 Å². The quantitative estimate of drug-likeness (QED) is 0.348. The van der Waals surface area contributed by atoms with Crippen molar-refractivity contribution in [3.05, 3.63) is 0 Å². The topological polar surface area (TPSA) is 61.9 Å². The van der Waals surface area contributed by atoms with Crippen LogP contribution < -0.4 is 5.73 Å². The van der Waals surface area contributed by atoms with Gasteiger partial charge < -0.3 is 15.8 Å². The number of nitrogens with two attached hydrogens (primary N) is 1. The molecule has 102 valence electrons. The summed E-state index contributed by atoms with van der Waals surface area (Å²) < 4.78 is 0. The van der Waals surface area contributed by atoms with E-state index in [1.165, 1.54) is 32.2 Å². The second-order valence-corrected chi connectivity index (χ2v) is 6.53. The lowest BCUT2D eigenvalue weighted by Crippen LogP contribution is -2.41. The lowest BCUT2D eigenvalue weighted by molar-refractivity contribution is 0.153. The maximum absolute atomic E-state index is 8.70. The first-order chi connectivity index (χ1) is 8.76. The molecule has 0 aromatic carbocycles. The molecule has 4 nitrogen and oxygen atoms in total. The van der Waals surface area contributed by atoms with E-state index in [1.54, 1.807) is 0 Å². The molecule has 4 heteroatoms. The Bertz CT molecular complexity index is 323. The predicted molar refractivity (Wildman–Crippen MR) is 71.5 cm³/mol. The van der Waals surface area contributed by atoms with Gasteiger partial charge in [-0.2, -0.15) is 0 Å². The van der Waals surface area contributed by atoms with Crippen LogP contribution >= 0.6 is 0 Å². The zero-order chi connectivity index (χ0) is 12.5. The van der Waals surface area contributed by atoms with Crippen molar-refractivity contribution in [3.63, 3.8) is 0 Å². The van der Waals surface area contributed by atoms with Gasteiger partial charge in [-0.05, 0) is 62.9 Å². The minimum Gasteiger partial charge on any atom is -0.409 e. The Balaban J connectivity index is 1.46. The van der Waals surface area contributed by atoms with E-state index in [0.29, 0.717) is 11.8 Å². The molecule has 3 unspecified atom stereocenters. The van der Waals surface area contributed by atoms with Crippen LogP contribution in [-0.4, -0.2) is 35.6 Å².